The molecule has 0 saturated carbocycles. The summed E-state index contributed by atoms with van der Waals surface area (Å²) in [6.07, 6.45) is 1.21. The summed E-state index contributed by atoms with van der Waals surface area (Å²) in [5.41, 5.74) is 2.78. The maximum atomic E-state index is 6.63. The minimum absolute atomic E-state index is 0.0144. The van der Waals surface area contributed by atoms with Crippen LogP contribution in [0.2, 0.25) is 0 Å². The molecule has 3 heterocycles. The Bertz CT molecular complexity index is 530. The number of halogens is 2. The van der Waals surface area contributed by atoms with Crippen molar-refractivity contribution in [1.82, 2.24) is 0 Å². The molecule has 1 unspecified atom stereocenters. The summed E-state index contributed by atoms with van der Waals surface area (Å²) >= 11 is 15.9. The van der Waals surface area contributed by atoms with Crippen molar-refractivity contribution in [3.63, 3.8) is 0 Å². The predicted octanol–water partition coefficient (Wildman–Crippen LogP) is 6.00. The standard InChI is InChI=1S/C13H12BrClS3/c1-7-4-10(18-13(7)14)12(15)11-5-8-6-16-3-2-9(8)17-11/h4-5,12H,2-3,6H2,1H3. The highest BCUT2D eigenvalue weighted by Crippen LogP contribution is 2.42. The second-order valence-electron chi connectivity index (χ2n) is 4.37. The molecule has 1 aliphatic heterocycles. The van der Waals surface area contributed by atoms with Gasteiger partial charge in [0.05, 0.1) is 3.79 Å². The van der Waals surface area contributed by atoms with Crippen molar-refractivity contribution in [3.8, 4) is 0 Å². The second-order valence-corrected chi connectivity index (χ2v) is 9.48. The lowest BCUT2D eigenvalue weighted by Crippen LogP contribution is -1.96. The normalized spacial score (nSPS) is 16.6. The third kappa shape index (κ3) is 2.55. The highest BCUT2D eigenvalue weighted by Gasteiger charge is 2.20. The van der Waals surface area contributed by atoms with Gasteiger partial charge in [-0.1, -0.05) is 0 Å². The molecule has 3 rings (SSSR count). The average Bonchev–Trinajstić information content (AvgIpc) is 2.93. The van der Waals surface area contributed by atoms with E-state index in [0.717, 1.165) is 5.75 Å². The van der Waals surface area contributed by atoms with Crippen LogP contribution in [-0.2, 0) is 12.2 Å². The molecular formula is C13H12BrClS3. The van der Waals surface area contributed by atoms with Gasteiger partial charge in [0.2, 0.25) is 0 Å². The number of hydrogen-bond acceptors (Lipinski definition) is 3. The summed E-state index contributed by atoms with van der Waals surface area (Å²) in [5.74, 6) is 2.41. The fraction of sp³-hybridized carbons (Fsp3) is 0.385. The summed E-state index contributed by atoms with van der Waals surface area (Å²) in [6.45, 7) is 2.11. The van der Waals surface area contributed by atoms with Gasteiger partial charge in [-0.25, -0.2) is 0 Å². The van der Waals surface area contributed by atoms with E-state index in [1.165, 1.54) is 36.8 Å². The molecule has 1 atom stereocenters. The van der Waals surface area contributed by atoms with E-state index in [2.05, 4.69) is 35.0 Å². The lowest BCUT2D eigenvalue weighted by Gasteiger charge is -2.08. The number of fused-ring (bicyclic) bond motifs is 1. The largest absolute Gasteiger partial charge is 0.157 e. The Morgan fingerprint density at radius 2 is 2.06 bits per heavy atom. The predicted molar refractivity (Wildman–Crippen MR) is 88.6 cm³/mol. The van der Waals surface area contributed by atoms with Gasteiger partial charge >= 0.3 is 0 Å². The van der Waals surface area contributed by atoms with E-state index in [1.807, 2.05) is 23.1 Å². The molecule has 0 N–H and O–H groups in total. The second kappa shape index (κ2) is 5.49. The number of aryl methyl sites for hydroxylation is 2. The van der Waals surface area contributed by atoms with Crippen LogP contribution in [0, 0.1) is 6.92 Å². The van der Waals surface area contributed by atoms with Crippen molar-refractivity contribution in [1.29, 1.82) is 0 Å². The zero-order chi connectivity index (χ0) is 12.7. The van der Waals surface area contributed by atoms with E-state index in [-0.39, 0.29) is 5.38 Å². The molecular weight excluding hydrogens is 368 g/mol. The summed E-state index contributed by atoms with van der Waals surface area (Å²) < 4.78 is 1.19. The fourth-order valence-electron chi connectivity index (χ4n) is 2.04. The Kier molecular flexibility index (Phi) is 4.12. The molecule has 2 aromatic rings. The van der Waals surface area contributed by atoms with Gasteiger partial charge in [-0.05, 0) is 58.3 Å². The first-order valence-electron chi connectivity index (χ1n) is 5.74. The Hall–Kier alpha value is 0.520. The molecule has 0 aliphatic carbocycles. The number of thiophene rings is 2. The Balaban J connectivity index is 1.92. The molecule has 0 spiro atoms. The summed E-state index contributed by atoms with van der Waals surface area (Å²) in [6, 6.07) is 4.51. The number of thioether (sulfide) groups is 1. The molecule has 2 aromatic heterocycles. The molecule has 0 nitrogen and oxygen atoms in total. The van der Waals surface area contributed by atoms with Crippen LogP contribution < -0.4 is 0 Å². The van der Waals surface area contributed by atoms with Crippen LogP contribution in [-0.4, -0.2) is 5.75 Å². The quantitative estimate of drug-likeness (QED) is 0.577. The van der Waals surface area contributed by atoms with Gasteiger partial charge in [0.25, 0.3) is 0 Å². The van der Waals surface area contributed by atoms with Crippen LogP contribution in [0.5, 0.6) is 0 Å². The lowest BCUT2D eigenvalue weighted by molar-refractivity contribution is 1.13. The van der Waals surface area contributed by atoms with E-state index in [4.69, 9.17) is 11.6 Å². The van der Waals surface area contributed by atoms with Crippen LogP contribution in [0.15, 0.2) is 15.9 Å². The van der Waals surface area contributed by atoms with E-state index >= 15 is 0 Å². The molecule has 1 aliphatic rings. The van der Waals surface area contributed by atoms with Gasteiger partial charge in [0.15, 0.2) is 0 Å². The third-order valence-corrected chi connectivity index (χ3v) is 8.26. The first-order valence-corrected chi connectivity index (χ1v) is 9.76. The van der Waals surface area contributed by atoms with Crippen molar-refractivity contribution in [2.75, 3.05) is 5.75 Å². The van der Waals surface area contributed by atoms with E-state index in [9.17, 15) is 0 Å². The van der Waals surface area contributed by atoms with Gasteiger partial charge in [0.1, 0.15) is 5.38 Å². The van der Waals surface area contributed by atoms with Crippen molar-refractivity contribution in [2.45, 2.75) is 24.5 Å². The number of rotatable bonds is 2. The number of hydrogen-bond donors (Lipinski definition) is 0. The zero-order valence-corrected chi connectivity index (χ0v) is 14.6. The SMILES string of the molecule is Cc1cc(C(Cl)c2cc3c(s2)CCSC3)sc1Br. The minimum Gasteiger partial charge on any atom is -0.157 e. The van der Waals surface area contributed by atoms with Crippen LogP contribution in [0.1, 0.15) is 31.1 Å². The summed E-state index contributed by atoms with van der Waals surface area (Å²) in [7, 11) is 0. The van der Waals surface area contributed by atoms with Gasteiger partial charge in [-0.15, -0.1) is 34.3 Å². The molecule has 96 valence electrons. The van der Waals surface area contributed by atoms with E-state index < -0.39 is 0 Å². The van der Waals surface area contributed by atoms with Crippen molar-refractivity contribution < 1.29 is 0 Å². The first-order chi connectivity index (χ1) is 8.65. The first kappa shape index (κ1) is 13.5. The molecule has 0 amide bonds. The maximum absolute atomic E-state index is 6.63. The topological polar surface area (TPSA) is 0 Å². The van der Waals surface area contributed by atoms with Gasteiger partial charge in [-0.3, -0.25) is 0 Å². The van der Waals surface area contributed by atoms with Crippen LogP contribution in [0.4, 0.5) is 0 Å². The van der Waals surface area contributed by atoms with E-state index in [1.54, 1.807) is 16.2 Å². The van der Waals surface area contributed by atoms with Crippen LogP contribution in [0.3, 0.4) is 0 Å². The smallest absolute Gasteiger partial charge is 0.102 e. The van der Waals surface area contributed by atoms with Crippen molar-refractivity contribution in [3.05, 3.63) is 41.7 Å². The molecule has 0 bridgehead atoms. The van der Waals surface area contributed by atoms with Crippen LogP contribution in [0.25, 0.3) is 0 Å². The van der Waals surface area contributed by atoms with Crippen molar-refractivity contribution >= 4 is 62.0 Å². The number of alkyl halides is 1. The molecule has 0 fully saturated rings. The highest BCUT2D eigenvalue weighted by atomic mass is 79.9. The minimum atomic E-state index is 0.0144. The van der Waals surface area contributed by atoms with Crippen LogP contribution >= 0.6 is 62.0 Å². The summed E-state index contributed by atoms with van der Waals surface area (Å²) in [5, 5.41) is 0.0144. The molecule has 18 heavy (non-hydrogen) atoms. The Labute approximate surface area is 133 Å². The van der Waals surface area contributed by atoms with E-state index in [0.29, 0.717) is 0 Å². The Morgan fingerprint density at radius 1 is 1.28 bits per heavy atom. The van der Waals surface area contributed by atoms with Gasteiger partial charge < -0.3 is 0 Å². The molecule has 0 radical (unpaired) electrons. The van der Waals surface area contributed by atoms with Crippen molar-refractivity contribution in [2.24, 2.45) is 0 Å². The highest BCUT2D eigenvalue weighted by molar-refractivity contribution is 9.11. The summed E-state index contributed by atoms with van der Waals surface area (Å²) in [4.78, 5) is 4.09. The zero-order valence-electron chi connectivity index (χ0n) is 9.83. The molecule has 0 aromatic carbocycles. The Morgan fingerprint density at radius 3 is 2.72 bits per heavy atom. The molecule has 5 heteroatoms. The fourth-order valence-corrected chi connectivity index (χ4v) is 6.45. The third-order valence-electron chi connectivity index (χ3n) is 3.02. The lowest BCUT2D eigenvalue weighted by atomic mass is 10.2. The maximum Gasteiger partial charge on any atom is 0.102 e. The van der Waals surface area contributed by atoms with Gasteiger partial charge in [0, 0.05) is 20.4 Å². The average molecular weight is 380 g/mol. The molecule has 0 saturated heterocycles. The van der Waals surface area contributed by atoms with Gasteiger partial charge in [-0.2, -0.15) is 11.8 Å². The monoisotopic (exact) mass is 378 g/mol.